The Labute approximate surface area is 254 Å². The van der Waals surface area contributed by atoms with Crippen LogP contribution in [-0.4, -0.2) is 69.8 Å². The van der Waals surface area contributed by atoms with Crippen molar-refractivity contribution in [2.24, 2.45) is 0 Å². The third-order valence-electron chi connectivity index (χ3n) is 10.4. The van der Waals surface area contributed by atoms with Gasteiger partial charge >= 0.3 is 6.18 Å². The van der Waals surface area contributed by atoms with Crippen LogP contribution in [0.5, 0.6) is 11.5 Å². The topological polar surface area (TPSA) is 73.2 Å². The number of ether oxygens (including phenoxy) is 1. The molecule has 1 amide bonds. The van der Waals surface area contributed by atoms with Crippen LogP contribution in [0, 0.1) is 11.8 Å². The molecule has 0 unspecified atom stereocenters. The van der Waals surface area contributed by atoms with Gasteiger partial charge in [0.05, 0.1) is 17.0 Å². The largest absolute Gasteiger partial charge is 0.504 e. The van der Waals surface area contributed by atoms with Crippen LogP contribution in [-0.2, 0) is 29.2 Å². The fourth-order valence-electron chi connectivity index (χ4n) is 8.41. The van der Waals surface area contributed by atoms with Crippen LogP contribution in [0.1, 0.15) is 47.1 Å². The zero-order chi connectivity index (χ0) is 30.9. The second-order valence-corrected chi connectivity index (χ2v) is 12.4. The van der Waals surface area contributed by atoms with Crippen molar-refractivity contribution < 1.29 is 32.9 Å². The monoisotopic (exact) mass is 602 g/mol. The molecule has 0 aromatic heterocycles. The van der Waals surface area contributed by atoms with Gasteiger partial charge in [0.15, 0.2) is 11.5 Å². The number of phenolic OH excluding ortho intramolecular Hbond substituents is 1. The van der Waals surface area contributed by atoms with Crippen molar-refractivity contribution in [3.8, 4) is 23.3 Å². The number of benzene rings is 3. The Hall–Kier alpha value is -4.00. The molecule has 2 aliphatic carbocycles. The lowest BCUT2D eigenvalue weighted by Gasteiger charge is -2.66. The average molecular weight is 603 g/mol. The van der Waals surface area contributed by atoms with Gasteiger partial charge in [0.25, 0.3) is 5.91 Å². The summed E-state index contributed by atoms with van der Waals surface area (Å²) in [5.74, 6) is 5.29. The maximum absolute atomic E-state index is 13.5. The molecule has 2 aliphatic heterocycles. The summed E-state index contributed by atoms with van der Waals surface area (Å²) < 4.78 is 45.4. The molecular weight excluding hydrogens is 569 g/mol. The quantitative estimate of drug-likeness (QED) is 0.425. The number of likely N-dealkylation sites (N-methyl/N-ethyl adjacent to an activating group) is 1. The number of likely N-dealkylation sites (tertiary alicyclic amines) is 1. The normalized spacial score (nSPS) is 28.3. The lowest BCUT2D eigenvalue weighted by Crippen LogP contribution is -2.81. The molecule has 2 bridgehead atoms. The van der Waals surface area contributed by atoms with Crippen molar-refractivity contribution in [1.29, 1.82) is 0 Å². The van der Waals surface area contributed by atoms with Gasteiger partial charge in [-0.05, 0) is 80.1 Å². The lowest BCUT2D eigenvalue weighted by atomic mass is 9.47. The van der Waals surface area contributed by atoms with Crippen molar-refractivity contribution in [1.82, 2.24) is 9.80 Å². The standard InChI is InChI=1S/C35H33F3N2O4/c1-39(30(42)16-9-23-7-11-25(12-8-23)35(36,37)38)27-14-15-29-33-18-20-40(19-17-22-5-3-2-4-6-22)28(34(27,33)43)21-24-10-13-26(41)32(44-29)31(24)33/h2-8,10-13,27-29,41,43H,14-15,17-21H2,1H3/t27-,28-,29+,33-,34-/m1/s1. The number of halogens is 3. The Balaban J connectivity index is 1.24. The molecule has 6 nitrogen and oxygen atoms in total. The first-order valence-electron chi connectivity index (χ1n) is 15.0. The minimum atomic E-state index is -4.46. The van der Waals surface area contributed by atoms with Gasteiger partial charge in [-0.1, -0.05) is 42.3 Å². The summed E-state index contributed by atoms with van der Waals surface area (Å²) in [6, 6.07) is 17.3. The van der Waals surface area contributed by atoms with E-state index in [-0.39, 0.29) is 17.9 Å². The van der Waals surface area contributed by atoms with Crippen LogP contribution >= 0.6 is 0 Å². The predicted octanol–water partition coefficient (Wildman–Crippen LogP) is 4.69. The molecule has 1 saturated carbocycles. The molecule has 2 fully saturated rings. The molecule has 1 saturated heterocycles. The number of nitrogens with zero attached hydrogens (tertiary/aromatic N) is 2. The Bertz CT molecular complexity index is 1670. The molecule has 228 valence electrons. The van der Waals surface area contributed by atoms with Crippen molar-refractivity contribution in [3.63, 3.8) is 0 Å². The molecule has 4 aliphatic rings. The van der Waals surface area contributed by atoms with Crippen molar-refractivity contribution >= 4 is 5.91 Å². The molecule has 5 atom stereocenters. The Kier molecular flexibility index (Phi) is 6.72. The molecule has 1 spiro atoms. The van der Waals surface area contributed by atoms with E-state index in [2.05, 4.69) is 28.9 Å². The molecule has 2 heterocycles. The van der Waals surface area contributed by atoms with Crippen LogP contribution in [0.2, 0.25) is 0 Å². The highest BCUT2D eigenvalue weighted by molar-refractivity contribution is 5.94. The number of amides is 1. The Morgan fingerprint density at radius 1 is 1.09 bits per heavy atom. The first-order valence-corrected chi connectivity index (χ1v) is 15.0. The minimum absolute atomic E-state index is 0.0585. The first kappa shape index (κ1) is 28.8. The van der Waals surface area contributed by atoms with Crippen molar-refractivity contribution in [2.75, 3.05) is 20.1 Å². The van der Waals surface area contributed by atoms with Crippen LogP contribution in [0.15, 0.2) is 66.7 Å². The van der Waals surface area contributed by atoms with Crippen LogP contribution in [0.4, 0.5) is 13.2 Å². The Morgan fingerprint density at radius 2 is 1.84 bits per heavy atom. The highest BCUT2D eigenvalue weighted by Crippen LogP contribution is 2.65. The third-order valence-corrected chi connectivity index (χ3v) is 10.4. The fourth-order valence-corrected chi connectivity index (χ4v) is 8.41. The maximum Gasteiger partial charge on any atom is 0.416 e. The third kappa shape index (κ3) is 4.22. The lowest BCUT2D eigenvalue weighted by molar-refractivity contribution is -0.216. The van der Waals surface area contributed by atoms with E-state index >= 15 is 0 Å². The summed E-state index contributed by atoms with van der Waals surface area (Å²) in [7, 11) is 1.64. The summed E-state index contributed by atoms with van der Waals surface area (Å²) in [6.45, 7) is 1.48. The summed E-state index contributed by atoms with van der Waals surface area (Å²) in [5, 5.41) is 24.0. The Morgan fingerprint density at radius 3 is 2.57 bits per heavy atom. The number of rotatable bonds is 4. The minimum Gasteiger partial charge on any atom is -0.504 e. The summed E-state index contributed by atoms with van der Waals surface area (Å²) in [5.41, 5.74) is 0.436. The molecule has 0 radical (unpaired) electrons. The average Bonchev–Trinajstić information content (AvgIpc) is 3.35. The molecular formula is C35H33F3N2O4. The number of piperidine rings is 1. The number of aliphatic hydroxyl groups is 1. The van der Waals surface area contributed by atoms with Gasteiger partial charge in [0.2, 0.25) is 0 Å². The zero-order valence-corrected chi connectivity index (χ0v) is 24.3. The van der Waals surface area contributed by atoms with Gasteiger partial charge in [-0.15, -0.1) is 0 Å². The van der Waals surface area contributed by atoms with Gasteiger partial charge in [-0.25, -0.2) is 0 Å². The number of aromatic hydroxyl groups is 1. The van der Waals surface area contributed by atoms with E-state index in [9.17, 15) is 28.2 Å². The van der Waals surface area contributed by atoms with E-state index in [1.54, 1.807) is 13.1 Å². The van der Waals surface area contributed by atoms with E-state index < -0.39 is 34.7 Å². The predicted molar refractivity (Wildman–Crippen MR) is 157 cm³/mol. The van der Waals surface area contributed by atoms with Gasteiger partial charge < -0.3 is 19.8 Å². The van der Waals surface area contributed by atoms with E-state index in [4.69, 9.17) is 4.74 Å². The van der Waals surface area contributed by atoms with Gasteiger partial charge in [-0.3, -0.25) is 9.69 Å². The number of alkyl halides is 3. The maximum atomic E-state index is 13.5. The van der Waals surface area contributed by atoms with Gasteiger partial charge in [0.1, 0.15) is 11.7 Å². The SMILES string of the molecule is CN(C(=O)C#Cc1ccc(C(F)(F)F)cc1)[C@@H]1CC[C@@H]2Oc3c(O)ccc4c3[C@@]23CCN(CCc2ccccc2)[C@H](C4)[C@]13O. The van der Waals surface area contributed by atoms with Gasteiger partial charge in [0, 0.05) is 36.7 Å². The zero-order valence-electron chi connectivity index (χ0n) is 24.3. The summed E-state index contributed by atoms with van der Waals surface area (Å²) in [6.07, 6.45) is -1.78. The fraction of sp³-hybridized carbons (Fsp3) is 0.400. The number of hydrogen-bond acceptors (Lipinski definition) is 5. The summed E-state index contributed by atoms with van der Waals surface area (Å²) in [4.78, 5) is 17.4. The number of carbonyl (C=O) groups excluding carboxylic acids is 1. The van der Waals surface area contributed by atoms with E-state index in [1.807, 2.05) is 24.3 Å². The van der Waals surface area contributed by atoms with E-state index in [0.717, 1.165) is 42.8 Å². The van der Waals surface area contributed by atoms with Gasteiger partial charge in [-0.2, -0.15) is 13.2 Å². The second-order valence-electron chi connectivity index (χ2n) is 12.4. The first-order chi connectivity index (χ1) is 21.0. The number of hydrogen-bond donors (Lipinski definition) is 2. The summed E-state index contributed by atoms with van der Waals surface area (Å²) >= 11 is 0. The highest BCUT2D eigenvalue weighted by Gasteiger charge is 2.74. The number of phenols is 1. The second kappa shape index (κ2) is 10.3. The molecule has 3 aromatic carbocycles. The molecule has 2 N–H and O–H groups in total. The van der Waals surface area contributed by atoms with Crippen molar-refractivity contribution in [2.45, 2.75) is 67.5 Å². The van der Waals surface area contributed by atoms with Crippen LogP contribution < -0.4 is 4.74 Å². The molecule has 3 aromatic rings. The molecule has 44 heavy (non-hydrogen) atoms. The smallest absolute Gasteiger partial charge is 0.416 e. The highest BCUT2D eigenvalue weighted by atomic mass is 19.4. The van der Waals surface area contributed by atoms with Crippen LogP contribution in [0.3, 0.4) is 0 Å². The van der Waals surface area contributed by atoms with E-state index in [1.165, 1.54) is 22.6 Å². The molecule has 7 rings (SSSR count). The van der Waals surface area contributed by atoms with Crippen LogP contribution in [0.25, 0.3) is 0 Å². The van der Waals surface area contributed by atoms with E-state index in [0.29, 0.717) is 37.0 Å². The number of carbonyl (C=O) groups is 1. The van der Waals surface area contributed by atoms with Crippen molar-refractivity contribution in [3.05, 3.63) is 94.5 Å². The molecule has 9 heteroatoms.